The molecule has 4 aromatic heterocycles. The van der Waals surface area contributed by atoms with Gasteiger partial charge < -0.3 is 16.0 Å². The lowest BCUT2D eigenvalue weighted by molar-refractivity contribution is -0.114. The SMILES string of the molecule is N=C/C(C(=O)Nc1cnc(-n2nccn2)c(Cl)c1)=C(\Nc1cccc2nccn12)C(F)(F)F. The molecule has 4 rings (SSSR count). The smallest absolute Gasteiger partial charge is 0.337 e. The number of hydrogen-bond acceptors (Lipinski definition) is 7. The minimum atomic E-state index is -4.97. The van der Waals surface area contributed by atoms with Crippen molar-refractivity contribution in [1.29, 1.82) is 5.41 Å². The highest BCUT2D eigenvalue weighted by Crippen LogP contribution is 2.30. The zero-order chi connectivity index (χ0) is 23.6. The van der Waals surface area contributed by atoms with Crippen LogP contribution in [0.4, 0.5) is 24.7 Å². The molecule has 0 atom stereocenters. The van der Waals surface area contributed by atoms with Crippen LogP contribution in [0.5, 0.6) is 0 Å². The van der Waals surface area contributed by atoms with E-state index in [0.717, 1.165) is 4.80 Å². The summed E-state index contributed by atoms with van der Waals surface area (Å²) in [7, 11) is 0. The van der Waals surface area contributed by atoms with E-state index in [9.17, 15) is 18.0 Å². The van der Waals surface area contributed by atoms with E-state index in [1.54, 1.807) is 6.07 Å². The Bertz CT molecular complexity index is 1360. The van der Waals surface area contributed by atoms with Crippen LogP contribution in [0.3, 0.4) is 0 Å². The van der Waals surface area contributed by atoms with Gasteiger partial charge in [-0.05, 0) is 18.2 Å². The first kappa shape index (κ1) is 22.0. The number of anilines is 2. The molecule has 14 heteroatoms. The third-order valence-corrected chi connectivity index (χ3v) is 4.59. The summed E-state index contributed by atoms with van der Waals surface area (Å²) in [5.41, 5.74) is -1.96. The van der Waals surface area contributed by atoms with Gasteiger partial charge in [-0.25, -0.2) is 9.97 Å². The molecule has 0 aliphatic heterocycles. The molecule has 33 heavy (non-hydrogen) atoms. The molecule has 0 saturated heterocycles. The molecule has 0 fully saturated rings. The first-order valence-electron chi connectivity index (χ1n) is 9.12. The van der Waals surface area contributed by atoms with Crippen LogP contribution in [-0.4, -0.2) is 47.7 Å². The maximum atomic E-state index is 13.9. The number of carbonyl (C=O) groups excluding carboxylic acids is 1. The van der Waals surface area contributed by atoms with Crippen molar-refractivity contribution in [3.8, 4) is 5.82 Å². The minimum absolute atomic E-state index is 0.00487. The number of rotatable bonds is 6. The summed E-state index contributed by atoms with van der Waals surface area (Å²) in [6.07, 6.45) is 2.21. The molecule has 168 valence electrons. The second kappa shape index (κ2) is 8.70. The van der Waals surface area contributed by atoms with Crippen molar-refractivity contribution in [3.05, 3.63) is 71.5 Å². The molecule has 0 aliphatic carbocycles. The van der Waals surface area contributed by atoms with Gasteiger partial charge in [0.15, 0.2) is 5.82 Å². The van der Waals surface area contributed by atoms with Crippen molar-refractivity contribution in [2.24, 2.45) is 0 Å². The van der Waals surface area contributed by atoms with Gasteiger partial charge in [-0.3, -0.25) is 9.20 Å². The number of carbonyl (C=O) groups is 1. The Kier molecular flexibility index (Phi) is 5.79. The van der Waals surface area contributed by atoms with E-state index >= 15 is 0 Å². The van der Waals surface area contributed by atoms with Gasteiger partial charge in [0.05, 0.1) is 34.9 Å². The van der Waals surface area contributed by atoms with E-state index in [1.807, 2.05) is 0 Å². The quantitative estimate of drug-likeness (QED) is 0.289. The second-order valence-electron chi connectivity index (χ2n) is 6.42. The highest BCUT2D eigenvalue weighted by atomic mass is 35.5. The summed E-state index contributed by atoms with van der Waals surface area (Å²) in [6, 6.07) is 5.77. The molecule has 0 spiro atoms. The molecule has 0 bridgehead atoms. The highest BCUT2D eigenvalue weighted by Gasteiger charge is 2.38. The molecular weight excluding hydrogens is 463 g/mol. The van der Waals surface area contributed by atoms with Crippen molar-refractivity contribution < 1.29 is 18.0 Å². The van der Waals surface area contributed by atoms with Crippen LogP contribution in [0, 0.1) is 5.41 Å². The van der Waals surface area contributed by atoms with Crippen LogP contribution in [-0.2, 0) is 4.79 Å². The largest absolute Gasteiger partial charge is 0.432 e. The van der Waals surface area contributed by atoms with E-state index in [-0.39, 0.29) is 22.3 Å². The van der Waals surface area contributed by atoms with Crippen LogP contribution in [0.1, 0.15) is 0 Å². The van der Waals surface area contributed by atoms with Crippen LogP contribution < -0.4 is 10.6 Å². The van der Waals surface area contributed by atoms with E-state index < -0.39 is 23.4 Å². The molecule has 0 aliphatic rings. The summed E-state index contributed by atoms with van der Waals surface area (Å²) >= 11 is 6.13. The first-order chi connectivity index (χ1) is 15.8. The van der Waals surface area contributed by atoms with Gasteiger partial charge in [0.2, 0.25) is 0 Å². The zero-order valence-corrected chi connectivity index (χ0v) is 17.1. The Morgan fingerprint density at radius 2 is 1.88 bits per heavy atom. The van der Waals surface area contributed by atoms with Gasteiger partial charge in [-0.15, -0.1) is 4.80 Å². The van der Waals surface area contributed by atoms with Gasteiger partial charge in [0, 0.05) is 18.6 Å². The molecule has 3 N–H and O–H groups in total. The third-order valence-electron chi connectivity index (χ3n) is 4.31. The van der Waals surface area contributed by atoms with Crippen LogP contribution >= 0.6 is 11.6 Å². The number of nitrogens with zero attached hydrogens (tertiary/aromatic N) is 6. The first-order valence-corrected chi connectivity index (χ1v) is 9.50. The number of halogens is 4. The van der Waals surface area contributed by atoms with E-state index in [1.165, 1.54) is 53.6 Å². The molecular formula is C19H13ClF3N9O. The molecule has 0 saturated carbocycles. The van der Waals surface area contributed by atoms with Gasteiger partial charge in [0.25, 0.3) is 5.91 Å². The number of nitrogens with one attached hydrogen (secondary N) is 3. The average Bonchev–Trinajstić information content (AvgIpc) is 3.45. The number of allylic oxidation sites excluding steroid dienone is 1. The Morgan fingerprint density at radius 1 is 1.12 bits per heavy atom. The van der Waals surface area contributed by atoms with E-state index in [4.69, 9.17) is 17.0 Å². The maximum absolute atomic E-state index is 13.9. The van der Waals surface area contributed by atoms with Gasteiger partial charge >= 0.3 is 6.18 Å². The van der Waals surface area contributed by atoms with Crippen LogP contribution in [0.15, 0.2) is 66.5 Å². The predicted molar refractivity (Wildman–Crippen MR) is 113 cm³/mol. The second-order valence-corrected chi connectivity index (χ2v) is 6.83. The molecule has 4 heterocycles. The van der Waals surface area contributed by atoms with E-state index in [2.05, 4.69) is 30.8 Å². The Hall–Kier alpha value is -4.26. The van der Waals surface area contributed by atoms with Crippen molar-refractivity contribution in [2.45, 2.75) is 6.18 Å². The summed E-state index contributed by atoms with van der Waals surface area (Å²) in [5.74, 6) is -1.02. The lowest BCUT2D eigenvalue weighted by atomic mass is 10.2. The predicted octanol–water partition coefficient (Wildman–Crippen LogP) is 3.48. The fourth-order valence-corrected chi connectivity index (χ4v) is 3.13. The van der Waals surface area contributed by atoms with Crippen molar-refractivity contribution in [1.82, 2.24) is 29.4 Å². The number of aromatic nitrogens is 6. The third kappa shape index (κ3) is 4.52. The molecule has 4 aromatic rings. The van der Waals surface area contributed by atoms with Gasteiger partial charge in [-0.2, -0.15) is 23.4 Å². The maximum Gasteiger partial charge on any atom is 0.432 e. The summed E-state index contributed by atoms with van der Waals surface area (Å²) in [6.45, 7) is 0. The minimum Gasteiger partial charge on any atom is -0.337 e. The molecule has 0 radical (unpaired) electrons. The topological polar surface area (TPSA) is 126 Å². The lowest BCUT2D eigenvalue weighted by Gasteiger charge is -2.18. The highest BCUT2D eigenvalue weighted by molar-refractivity contribution is 6.32. The Labute approximate surface area is 188 Å². The number of hydrogen-bond donors (Lipinski definition) is 3. The molecule has 1 amide bonds. The number of pyridine rings is 2. The molecule has 0 aromatic carbocycles. The summed E-state index contributed by atoms with van der Waals surface area (Å²) in [5, 5.41) is 19.8. The standard InChI is InChI=1S/C19H13ClF3N9O/c20-13-8-11(10-26-17(13)32-27-4-5-28-32)29-18(33)12(9-24)16(19(21,22)23)30-15-3-1-2-14-25-6-7-31(14)15/h1-10,24,30H,(H,29,33)/b16-12+,24-9?. The van der Waals surface area contributed by atoms with Crippen LogP contribution in [0.25, 0.3) is 11.5 Å². The van der Waals surface area contributed by atoms with Crippen LogP contribution in [0.2, 0.25) is 5.02 Å². The van der Waals surface area contributed by atoms with Crippen molar-refractivity contribution in [2.75, 3.05) is 10.6 Å². The fourth-order valence-electron chi connectivity index (χ4n) is 2.89. The molecule has 10 nitrogen and oxygen atoms in total. The van der Waals surface area contributed by atoms with E-state index in [0.29, 0.717) is 11.9 Å². The number of amides is 1. The lowest BCUT2D eigenvalue weighted by Crippen LogP contribution is -2.28. The summed E-state index contributed by atoms with van der Waals surface area (Å²) in [4.78, 5) is 21.8. The monoisotopic (exact) mass is 475 g/mol. The van der Waals surface area contributed by atoms with Crippen molar-refractivity contribution in [3.63, 3.8) is 0 Å². The van der Waals surface area contributed by atoms with Gasteiger partial charge in [0.1, 0.15) is 17.2 Å². The zero-order valence-electron chi connectivity index (χ0n) is 16.4. The van der Waals surface area contributed by atoms with Gasteiger partial charge in [-0.1, -0.05) is 17.7 Å². The molecule has 0 unspecified atom stereocenters. The number of alkyl halides is 3. The number of fused-ring (bicyclic) bond motifs is 1. The number of imidazole rings is 1. The fraction of sp³-hybridized carbons (Fsp3) is 0.0526. The van der Waals surface area contributed by atoms with Crippen molar-refractivity contribution >= 4 is 40.9 Å². The normalized spacial score (nSPS) is 12.4. The summed E-state index contributed by atoms with van der Waals surface area (Å²) < 4.78 is 43.0. The Morgan fingerprint density at radius 3 is 2.55 bits per heavy atom. The average molecular weight is 476 g/mol. The Balaban J connectivity index is 1.66.